The van der Waals surface area contributed by atoms with E-state index in [0.717, 1.165) is 49.0 Å². The summed E-state index contributed by atoms with van der Waals surface area (Å²) >= 11 is 7.15. The predicted octanol–water partition coefficient (Wildman–Crippen LogP) is 14.6. The molecule has 0 aliphatic heterocycles. The standard InChI is InChI=1S/C27H28F4NO2.C26H17N3O4S2.CNS.Ru/c1-3-5-7-14-33-22-10-9-11-23(34-15-8-6-4-2)24(22)18-12-13-32-21(16-18)19-17-20(28)26(30)27(31)25(19)29;1-16-20(6-9-34-16)26-3-2-25(35-26)17-4-7-27-21(10-17)23-12-19(33-15-31)13-24(29-23)22-11-18(32-14-30)5-8-28-22;2-1-3;/h9-13,16H,3-8,14-15H2,1-2H3;2-15H,1H3;;/q-1;;-1;+2. The minimum atomic E-state index is -1.91. The Morgan fingerprint density at radius 2 is 1.22 bits per heavy atom. The molecule has 73 heavy (non-hydrogen) atoms. The van der Waals surface area contributed by atoms with Crippen molar-refractivity contribution in [3.63, 3.8) is 0 Å². The zero-order chi connectivity index (χ0) is 51.4. The summed E-state index contributed by atoms with van der Waals surface area (Å²) in [5.41, 5.74) is 4.76. The van der Waals surface area contributed by atoms with Gasteiger partial charge in [-0.05, 0) is 96.6 Å². The summed E-state index contributed by atoms with van der Waals surface area (Å²) < 4.78 is 77.5. The Bertz CT molecular complexity index is 3120. The number of aromatic nitrogens is 4. The molecule has 8 aromatic rings. The van der Waals surface area contributed by atoms with Gasteiger partial charge in [0.15, 0.2) is 0 Å². The number of pyridine rings is 4. The number of thiocarbonyl (C=S) groups is 1. The van der Waals surface area contributed by atoms with Gasteiger partial charge in [-0.2, -0.15) is 5.16 Å². The Hall–Kier alpha value is -6.88. The van der Waals surface area contributed by atoms with E-state index in [0.29, 0.717) is 83.1 Å². The first-order chi connectivity index (χ1) is 35.0. The van der Waals surface area contributed by atoms with Gasteiger partial charge in [0.2, 0.25) is 0 Å². The third-order valence-corrected chi connectivity index (χ3v) is 12.5. The Labute approximate surface area is 445 Å². The molecule has 0 N–H and O–H groups in total. The van der Waals surface area contributed by atoms with E-state index in [1.165, 1.54) is 38.9 Å². The van der Waals surface area contributed by atoms with Crippen LogP contribution in [-0.4, -0.2) is 51.3 Å². The number of hydrogen-bond acceptors (Lipinski definition) is 13. The van der Waals surface area contributed by atoms with Gasteiger partial charge in [-0.15, -0.1) is 22.7 Å². The first-order valence-electron chi connectivity index (χ1n) is 22.5. The molecule has 0 aliphatic carbocycles. The zero-order valence-corrected chi connectivity index (χ0v) is 43.7. The maximum atomic E-state index is 14.4. The molecule has 8 rings (SSSR count). The minimum Gasteiger partial charge on any atom is -0.753 e. The van der Waals surface area contributed by atoms with E-state index in [2.05, 4.69) is 76.5 Å². The van der Waals surface area contributed by atoms with Gasteiger partial charge < -0.3 is 29.3 Å². The molecule has 0 saturated carbocycles. The van der Waals surface area contributed by atoms with E-state index >= 15 is 0 Å². The van der Waals surface area contributed by atoms with Crippen molar-refractivity contribution < 1.29 is 65.6 Å². The quantitative estimate of drug-likeness (QED) is 0.00827. The van der Waals surface area contributed by atoms with Crippen molar-refractivity contribution in [1.82, 2.24) is 19.9 Å². The summed E-state index contributed by atoms with van der Waals surface area (Å²) in [6.45, 7) is 8.04. The van der Waals surface area contributed by atoms with Crippen LogP contribution in [-0.2, 0) is 29.1 Å². The fourth-order valence-corrected chi connectivity index (χ4v) is 8.96. The van der Waals surface area contributed by atoms with Crippen molar-refractivity contribution in [1.29, 1.82) is 0 Å². The van der Waals surface area contributed by atoms with Crippen molar-refractivity contribution >= 4 is 53.0 Å². The Morgan fingerprint density at radius 3 is 1.82 bits per heavy atom. The number of unbranched alkanes of at least 4 members (excludes halogenated alkanes) is 4. The van der Waals surface area contributed by atoms with Crippen molar-refractivity contribution in [2.45, 2.75) is 59.3 Å². The number of carbonyl (C=O) groups excluding carboxylic acids is 2. The number of thiophene rings is 2. The number of nitrogens with zero attached hydrogens (tertiary/aromatic N) is 5. The molecule has 2 aromatic carbocycles. The summed E-state index contributed by atoms with van der Waals surface area (Å²) in [5.74, 6) is -5.22. The molecule has 0 atom stereocenters. The second-order valence-electron chi connectivity index (χ2n) is 15.4. The number of ether oxygens (including phenoxy) is 4. The molecule has 0 fully saturated rings. The monoisotopic (exact) mass is 1130 g/mol. The molecule has 11 nitrogen and oxygen atoms in total. The Balaban J connectivity index is 0.000000254. The number of benzene rings is 2. The van der Waals surface area contributed by atoms with Gasteiger partial charge in [0.25, 0.3) is 12.9 Å². The van der Waals surface area contributed by atoms with E-state index < -0.39 is 28.8 Å². The van der Waals surface area contributed by atoms with Crippen molar-refractivity contribution in [3.8, 4) is 89.0 Å². The number of isothiocyanates is 1. The minimum absolute atomic E-state index is 0. The van der Waals surface area contributed by atoms with Crippen LogP contribution < -0.4 is 18.9 Å². The van der Waals surface area contributed by atoms with Crippen LogP contribution in [0.25, 0.3) is 71.5 Å². The molecule has 6 heterocycles. The van der Waals surface area contributed by atoms with Crippen LogP contribution in [0.3, 0.4) is 0 Å². The summed E-state index contributed by atoms with van der Waals surface area (Å²) in [6, 6.07) is 27.1. The molecule has 6 aromatic heterocycles. The number of aryl methyl sites for hydroxylation is 1. The smallest absolute Gasteiger partial charge is 0.753 e. The number of hydrogen-bond donors (Lipinski definition) is 0. The second-order valence-corrected chi connectivity index (χ2v) is 17.8. The van der Waals surface area contributed by atoms with Gasteiger partial charge in [-0.1, -0.05) is 75.5 Å². The van der Waals surface area contributed by atoms with Gasteiger partial charge in [0.05, 0.1) is 53.2 Å². The number of rotatable bonds is 20. The van der Waals surface area contributed by atoms with Gasteiger partial charge in [-0.25, -0.2) is 13.8 Å². The van der Waals surface area contributed by atoms with E-state index in [4.69, 9.17) is 24.4 Å². The average molecular weight is 1130 g/mol. The van der Waals surface area contributed by atoms with Crippen LogP contribution in [0.1, 0.15) is 57.2 Å². The largest absolute Gasteiger partial charge is 2.00 e. The van der Waals surface area contributed by atoms with Gasteiger partial charge in [0, 0.05) is 57.0 Å². The molecule has 0 spiro atoms. The summed E-state index contributed by atoms with van der Waals surface area (Å²) in [5, 5.41) is 10.6. The molecule has 0 amide bonds. The van der Waals surface area contributed by atoms with Crippen molar-refractivity contribution in [2.75, 3.05) is 13.2 Å². The first kappa shape index (κ1) is 57.0. The van der Waals surface area contributed by atoms with Crippen molar-refractivity contribution in [2.24, 2.45) is 0 Å². The molecule has 0 unspecified atom stereocenters. The van der Waals surface area contributed by atoms with Gasteiger partial charge in [-0.3, -0.25) is 28.3 Å². The zero-order valence-electron chi connectivity index (χ0n) is 39.5. The maximum Gasteiger partial charge on any atom is 2.00 e. The van der Waals surface area contributed by atoms with Crippen LogP contribution >= 0.6 is 34.9 Å². The van der Waals surface area contributed by atoms with Crippen LogP contribution in [0.4, 0.5) is 17.6 Å². The van der Waals surface area contributed by atoms with E-state index in [-0.39, 0.29) is 25.2 Å². The fraction of sp³-hybridized carbons (Fsp3) is 0.204. The van der Waals surface area contributed by atoms with Crippen LogP contribution in [0.15, 0.2) is 109 Å². The molecule has 0 saturated heterocycles. The normalized spacial score (nSPS) is 10.3. The Kier molecular flexibility index (Phi) is 22.6. The average Bonchev–Trinajstić information content (AvgIpc) is 4.07. The second kappa shape index (κ2) is 29.0. The molecule has 0 aliphatic rings. The third-order valence-electron chi connectivity index (χ3n) is 10.5. The van der Waals surface area contributed by atoms with Crippen LogP contribution in [0.2, 0.25) is 0 Å². The van der Waals surface area contributed by atoms with Crippen molar-refractivity contribution in [3.05, 3.63) is 149 Å². The maximum absolute atomic E-state index is 14.4. The van der Waals surface area contributed by atoms with Crippen LogP contribution in [0, 0.1) is 36.3 Å². The van der Waals surface area contributed by atoms with E-state index in [1.54, 1.807) is 59.2 Å². The molecular weight excluding hydrogens is 1090 g/mol. The first-order valence-corrected chi connectivity index (χ1v) is 24.6. The molecule has 376 valence electrons. The molecule has 0 bridgehead atoms. The summed E-state index contributed by atoms with van der Waals surface area (Å²) in [4.78, 5) is 42.9. The van der Waals surface area contributed by atoms with Gasteiger partial charge in [0.1, 0.15) is 34.6 Å². The van der Waals surface area contributed by atoms with Gasteiger partial charge >= 0.3 is 19.5 Å². The fourth-order valence-electron chi connectivity index (χ4n) is 7.10. The molecular formula is C54H45F4N5O6RuS3. The van der Waals surface area contributed by atoms with Crippen LogP contribution in [0.5, 0.6) is 23.0 Å². The number of carbonyl (C=O) groups is 2. The number of halogens is 4. The SMILES string of the molecule is CCCCCOc1cccc(OCCCCC)c1-c1ccnc(-c2[c-]c(F)c(F)c(F)c2F)c1.Cc1sccc1-c1ccc(-c2ccnc(-c3cc(OC=O)cc(-c4cc(OC=O)ccn4)n3)c2)s1.[N-]=C=S.[Ru+2]. The third kappa shape index (κ3) is 15.3. The Morgan fingerprint density at radius 1 is 0.671 bits per heavy atom. The topological polar surface area (TPSA) is 145 Å². The van der Waals surface area contributed by atoms with E-state index in [9.17, 15) is 27.2 Å². The molecule has 0 radical (unpaired) electrons. The van der Waals surface area contributed by atoms with E-state index in [1.807, 2.05) is 36.4 Å². The summed E-state index contributed by atoms with van der Waals surface area (Å²) in [7, 11) is 0. The molecule has 19 heteroatoms. The summed E-state index contributed by atoms with van der Waals surface area (Å²) in [6.07, 6.45) is 10.5. The predicted molar refractivity (Wildman–Crippen MR) is 275 cm³/mol.